The zero-order valence-electron chi connectivity index (χ0n) is 15.4. The summed E-state index contributed by atoms with van der Waals surface area (Å²) in [6.07, 6.45) is 3.27. The molecule has 0 radical (unpaired) electrons. The number of benzene rings is 2. The summed E-state index contributed by atoms with van der Waals surface area (Å²) >= 11 is 1.41. The number of fused-ring (bicyclic) bond motifs is 1. The average molecular weight is 389 g/mol. The molecule has 2 aromatic heterocycles. The fourth-order valence-electron chi connectivity index (χ4n) is 3.01. The Bertz CT molecular complexity index is 1080. The fraction of sp³-hybridized carbons (Fsp3) is 0.143. The van der Waals surface area contributed by atoms with Crippen LogP contribution < -0.4 is 4.90 Å². The van der Waals surface area contributed by atoms with Crippen LogP contribution in [-0.4, -0.2) is 38.0 Å². The lowest BCUT2D eigenvalue weighted by Crippen LogP contribution is -2.32. The van der Waals surface area contributed by atoms with Gasteiger partial charge < -0.3 is 4.90 Å². The van der Waals surface area contributed by atoms with Gasteiger partial charge in [-0.3, -0.25) is 4.79 Å². The van der Waals surface area contributed by atoms with E-state index in [-0.39, 0.29) is 5.91 Å². The first-order valence-electron chi connectivity index (χ1n) is 9.00. The Morgan fingerprint density at radius 2 is 1.75 bits per heavy atom. The van der Waals surface area contributed by atoms with E-state index in [1.165, 1.54) is 18.1 Å². The van der Waals surface area contributed by atoms with E-state index in [2.05, 4.69) is 15.1 Å². The van der Waals surface area contributed by atoms with E-state index in [1.54, 1.807) is 15.8 Å². The minimum absolute atomic E-state index is 0.0425. The van der Waals surface area contributed by atoms with Crippen molar-refractivity contribution >= 4 is 34.4 Å². The van der Waals surface area contributed by atoms with Crippen LogP contribution in [-0.2, 0) is 4.79 Å². The first-order chi connectivity index (χ1) is 13.8. The zero-order valence-corrected chi connectivity index (χ0v) is 16.2. The summed E-state index contributed by atoms with van der Waals surface area (Å²) in [4.78, 5) is 23.3. The summed E-state index contributed by atoms with van der Waals surface area (Å²) in [5, 5.41) is 6.05. The molecule has 1 amide bonds. The van der Waals surface area contributed by atoms with Crippen LogP contribution in [0.15, 0.2) is 78.2 Å². The molecule has 0 bridgehead atoms. The molecular weight excluding hydrogens is 370 g/mol. The first kappa shape index (κ1) is 18.2. The van der Waals surface area contributed by atoms with Gasteiger partial charge in [0.25, 0.3) is 0 Å². The molecule has 0 atom stereocenters. The molecule has 0 spiro atoms. The quantitative estimate of drug-likeness (QED) is 0.369. The monoisotopic (exact) mass is 389 g/mol. The summed E-state index contributed by atoms with van der Waals surface area (Å²) in [7, 11) is 0. The maximum atomic E-state index is 12.8. The third kappa shape index (κ3) is 3.61. The number of anilines is 1. The van der Waals surface area contributed by atoms with Gasteiger partial charge in [0.1, 0.15) is 11.4 Å². The highest BCUT2D eigenvalue weighted by Crippen LogP contribution is 2.26. The average Bonchev–Trinajstić information content (AvgIpc) is 3.19. The number of para-hydroxylation sites is 2. The number of nitrogens with zero attached hydrogens (tertiary/aromatic N) is 5. The molecule has 7 heteroatoms. The Morgan fingerprint density at radius 1 is 1.04 bits per heavy atom. The second-order valence-electron chi connectivity index (χ2n) is 6.07. The number of carbonyl (C=O) groups is 1. The number of aromatic nitrogens is 4. The summed E-state index contributed by atoms with van der Waals surface area (Å²) in [6, 6.07) is 19.5. The number of rotatable bonds is 6. The van der Waals surface area contributed by atoms with E-state index >= 15 is 0 Å². The summed E-state index contributed by atoms with van der Waals surface area (Å²) in [5.41, 5.74) is 2.57. The number of hydrogen-bond acceptors (Lipinski definition) is 5. The van der Waals surface area contributed by atoms with Gasteiger partial charge in [0.2, 0.25) is 5.91 Å². The van der Waals surface area contributed by atoms with Crippen LogP contribution in [0.1, 0.15) is 6.92 Å². The van der Waals surface area contributed by atoms with E-state index < -0.39 is 0 Å². The van der Waals surface area contributed by atoms with Crippen molar-refractivity contribution in [1.82, 2.24) is 19.7 Å². The number of thioether (sulfide) groups is 1. The first-order valence-corrected chi connectivity index (χ1v) is 9.99. The van der Waals surface area contributed by atoms with Crippen molar-refractivity contribution in [3.8, 4) is 5.69 Å². The molecule has 4 aromatic rings. The van der Waals surface area contributed by atoms with Gasteiger partial charge in [0.15, 0.2) is 5.65 Å². The Balaban J connectivity index is 1.55. The predicted molar refractivity (Wildman–Crippen MR) is 112 cm³/mol. The number of hydrogen-bond donors (Lipinski definition) is 0. The molecule has 0 aliphatic rings. The third-order valence-electron chi connectivity index (χ3n) is 4.35. The lowest BCUT2D eigenvalue weighted by molar-refractivity contribution is -0.116. The smallest absolute Gasteiger partial charge is 0.237 e. The highest BCUT2D eigenvalue weighted by atomic mass is 32.2. The van der Waals surface area contributed by atoms with Gasteiger partial charge >= 0.3 is 0 Å². The van der Waals surface area contributed by atoms with Crippen LogP contribution in [0.25, 0.3) is 16.7 Å². The van der Waals surface area contributed by atoms with Crippen molar-refractivity contribution in [3.63, 3.8) is 0 Å². The summed E-state index contributed by atoms with van der Waals surface area (Å²) in [6.45, 7) is 2.59. The van der Waals surface area contributed by atoms with Gasteiger partial charge in [0.05, 0.1) is 23.0 Å². The van der Waals surface area contributed by atoms with Gasteiger partial charge in [0, 0.05) is 12.2 Å². The van der Waals surface area contributed by atoms with E-state index in [1.807, 2.05) is 67.6 Å². The lowest BCUT2D eigenvalue weighted by atomic mass is 10.3. The Morgan fingerprint density at radius 3 is 2.46 bits per heavy atom. The van der Waals surface area contributed by atoms with Gasteiger partial charge in [-0.1, -0.05) is 48.2 Å². The van der Waals surface area contributed by atoms with Crippen molar-refractivity contribution in [1.29, 1.82) is 0 Å². The topological polar surface area (TPSA) is 63.9 Å². The molecule has 0 saturated heterocycles. The van der Waals surface area contributed by atoms with Crippen molar-refractivity contribution < 1.29 is 4.79 Å². The number of amides is 1. The van der Waals surface area contributed by atoms with E-state index in [9.17, 15) is 4.79 Å². The van der Waals surface area contributed by atoms with Crippen LogP contribution in [0.3, 0.4) is 0 Å². The molecular formula is C21H19N5OS. The van der Waals surface area contributed by atoms with Crippen molar-refractivity contribution in [2.45, 2.75) is 11.9 Å². The highest BCUT2D eigenvalue weighted by Gasteiger charge is 2.17. The van der Waals surface area contributed by atoms with Gasteiger partial charge in [-0.25, -0.2) is 14.6 Å². The lowest BCUT2D eigenvalue weighted by Gasteiger charge is -2.20. The van der Waals surface area contributed by atoms with Crippen LogP contribution in [0.5, 0.6) is 0 Å². The fourth-order valence-corrected chi connectivity index (χ4v) is 3.85. The van der Waals surface area contributed by atoms with Crippen LogP contribution in [0.2, 0.25) is 0 Å². The molecule has 0 aliphatic heterocycles. The van der Waals surface area contributed by atoms with Crippen LogP contribution >= 0.6 is 11.8 Å². The van der Waals surface area contributed by atoms with Crippen molar-refractivity contribution in [2.24, 2.45) is 0 Å². The second kappa shape index (κ2) is 8.22. The summed E-state index contributed by atoms with van der Waals surface area (Å²) < 4.78 is 1.78. The van der Waals surface area contributed by atoms with E-state index in [4.69, 9.17) is 0 Å². The largest absolute Gasteiger partial charge is 0.312 e. The molecule has 0 fully saturated rings. The number of carbonyl (C=O) groups excluding carboxylic acids is 1. The Kier molecular flexibility index (Phi) is 5.34. The third-order valence-corrected chi connectivity index (χ3v) is 5.34. The molecule has 0 unspecified atom stereocenters. The van der Waals surface area contributed by atoms with E-state index in [0.29, 0.717) is 12.3 Å². The van der Waals surface area contributed by atoms with Gasteiger partial charge in [-0.2, -0.15) is 5.10 Å². The maximum absolute atomic E-state index is 12.8. The molecule has 0 aliphatic carbocycles. The Labute approximate surface area is 167 Å². The summed E-state index contributed by atoms with van der Waals surface area (Å²) in [5.74, 6) is 0.340. The van der Waals surface area contributed by atoms with E-state index in [0.717, 1.165) is 27.4 Å². The molecule has 28 heavy (non-hydrogen) atoms. The molecule has 2 aromatic carbocycles. The normalized spacial score (nSPS) is 10.9. The van der Waals surface area contributed by atoms with Crippen molar-refractivity contribution in [2.75, 3.05) is 17.2 Å². The Hall–Kier alpha value is -3.19. The molecule has 140 valence electrons. The predicted octanol–water partition coefficient (Wildman–Crippen LogP) is 3.96. The zero-order chi connectivity index (χ0) is 19.3. The molecule has 6 nitrogen and oxygen atoms in total. The highest BCUT2D eigenvalue weighted by molar-refractivity contribution is 8.00. The molecule has 4 rings (SSSR count). The SMILES string of the molecule is CCN(C(=O)CSc1ncnc2c1cnn2-c1ccccc1)c1ccccc1. The minimum atomic E-state index is 0.0425. The molecule has 0 N–H and O–H groups in total. The maximum Gasteiger partial charge on any atom is 0.237 e. The van der Waals surface area contributed by atoms with Gasteiger partial charge in [-0.05, 0) is 31.2 Å². The second-order valence-corrected chi connectivity index (χ2v) is 7.03. The standard InChI is InChI=1S/C21H19N5OS/c1-2-25(16-9-5-3-6-10-16)19(27)14-28-21-18-13-24-26(20(18)22-15-23-21)17-11-7-4-8-12-17/h3-13,15H,2,14H2,1H3. The van der Waals surface area contributed by atoms with Crippen LogP contribution in [0, 0.1) is 0 Å². The minimum Gasteiger partial charge on any atom is -0.312 e. The van der Waals surface area contributed by atoms with Gasteiger partial charge in [-0.15, -0.1) is 0 Å². The molecule has 0 saturated carbocycles. The van der Waals surface area contributed by atoms with Crippen molar-refractivity contribution in [3.05, 3.63) is 73.2 Å². The van der Waals surface area contributed by atoms with Crippen LogP contribution in [0.4, 0.5) is 5.69 Å². The molecule has 2 heterocycles.